The molecule has 6 nitrogen and oxygen atoms in total. The first-order valence-corrected chi connectivity index (χ1v) is 13.1. The molecule has 0 saturated heterocycles. The molecule has 178 valence electrons. The van der Waals surface area contributed by atoms with E-state index in [-0.39, 0.29) is 11.3 Å². The van der Waals surface area contributed by atoms with Gasteiger partial charge < -0.3 is 10.1 Å². The summed E-state index contributed by atoms with van der Waals surface area (Å²) < 4.78 is 8.04. The number of carbonyl (C=O) groups is 1. The first-order valence-electron chi connectivity index (χ1n) is 11.3. The minimum Gasteiger partial charge on any atom is -0.497 e. The number of ether oxygens (including phenoxy) is 1. The molecule has 2 aromatic carbocycles. The van der Waals surface area contributed by atoms with E-state index in [1.807, 2.05) is 37.3 Å². The Bertz CT molecular complexity index is 1290. The minimum atomic E-state index is -0.0207. The zero-order valence-corrected chi connectivity index (χ0v) is 21.8. The zero-order chi connectivity index (χ0) is 24.3. The molecular weight excluding hydrogens is 464 g/mol. The number of amides is 1. The molecule has 0 aliphatic rings. The number of aromatic nitrogens is 3. The number of nitrogens with one attached hydrogen (secondary N) is 1. The normalized spacial score (nSPS) is 11.7. The Balaban J connectivity index is 1.39. The molecule has 0 bridgehead atoms. The number of thiazole rings is 1. The monoisotopic (exact) mass is 494 g/mol. The van der Waals surface area contributed by atoms with Crippen LogP contribution in [0, 0.1) is 6.92 Å². The number of hydrogen-bond donors (Lipinski definition) is 1. The Labute approximate surface area is 208 Å². The van der Waals surface area contributed by atoms with Gasteiger partial charge in [0.15, 0.2) is 0 Å². The zero-order valence-electron chi connectivity index (χ0n) is 20.2. The first-order chi connectivity index (χ1) is 16.2. The number of carbonyl (C=O) groups excluding carboxylic acids is 1. The summed E-state index contributed by atoms with van der Waals surface area (Å²) in [4.78, 5) is 18.6. The van der Waals surface area contributed by atoms with Crippen molar-refractivity contribution < 1.29 is 9.53 Å². The molecule has 1 amide bonds. The van der Waals surface area contributed by atoms with Crippen LogP contribution < -0.4 is 10.1 Å². The minimum absolute atomic E-state index is 0.0207. The average molecular weight is 495 g/mol. The Morgan fingerprint density at radius 1 is 1.15 bits per heavy atom. The maximum Gasteiger partial charge on any atom is 0.225 e. The number of hydrogen-bond acceptors (Lipinski definition) is 6. The first kappa shape index (κ1) is 24.3. The fraction of sp³-hybridized carbons (Fsp3) is 0.346. The van der Waals surface area contributed by atoms with Crippen LogP contribution in [0.1, 0.15) is 44.9 Å². The van der Waals surface area contributed by atoms with Crippen molar-refractivity contribution >= 4 is 45.0 Å². The van der Waals surface area contributed by atoms with Crippen molar-refractivity contribution in [2.75, 3.05) is 18.2 Å². The summed E-state index contributed by atoms with van der Waals surface area (Å²) in [6.07, 6.45) is 1.23. The summed E-state index contributed by atoms with van der Waals surface area (Å²) in [5, 5.41) is 8.36. The van der Waals surface area contributed by atoms with Gasteiger partial charge >= 0.3 is 0 Å². The maximum absolute atomic E-state index is 12.6. The summed E-state index contributed by atoms with van der Waals surface area (Å²) >= 11 is 3.32. The molecule has 8 heteroatoms. The van der Waals surface area contributed by atoms with Crippen LogP contribution in [0.3, 0.4) is 0 Å². The quantitative estimate of drug-likeness (QED) is 0.221. The van der Waals surface area contributed by atoms with Crippen LogP contribution in [0.5, 0.6) is 5.75 Å². The van der Waals surface area contributed by atoms with Crippen LogP contribution in [0.2, 0.25) is 0 Å². The van der Waals surface area contributed by atoms with Crippen molar-refractivity contribution in [2.24, 2.45) is 0 Å². The van der Waals surface area contributed by atoms with E-state index in [0.29, 0.717) is 12.2 Å². The van der Waals surface area contributed by atoms with Gasteiger partial charge in [0.2, 0.25) is 11.0 Å². The van der Waals surface area contributed by atoms with E-state index in [0.717, 1.165) is 39.0 Å². The second kappa shape index (κ2) is 10.2. The number of anilines is 1. The Hall–Kier alpha value is -2.84. The average Bonchev–Trinajstić information content (AvgIpc) is 3.38. The molecule has 0 aliphatic carbocycles. The fourth-order valence-electron chi connectivity index (χ4n) is 3.50. The van der Waals surface area contributed by atoms with E-state index >= 15 is 0 Å². The van der Waals surface area contributed by atoms with Gasteiger partial charge in [0, 0.05) is 17.4 Å². The molecule has 0 atom stereocenters. The van der Waals surface area contributed by atoms with E-state index in [1.165, 1.54) is 10.5 Å². The molecule has 4 aromatic rings. The second-order valence-corrected chi connectivity index (χ2v) is 11.4. The molecule has 0 spiro atoms. The van der Waals surface area contributed by atoms with E-state index in [1.54, 1.807) is 34.9 Å². The van der Waals surface area contributed by atoms with Crippen LogP contribution in [-0.2, 0) is 10.2 Å². The molecule has 0 radical (unpaired) electrons. The maximum atomic E-state index is 12.6. The van der Waals surface area contributed by atoms with Gasteiger partial charge in [-0.25, -0.2) is 4.98 Å². The summed E-state index contributed by atoms with van der Waals surface area (Å²) in [5.74, 6) is 2.35. The van der Waals surface area contributed by atoms with Gasteiger partial charge in [0.25, 0.3) is 0 Å². The Morgan fingerprint density at radius 3 is 2.62 bits per heavy atom. The van der Waals surface area contributed by atoms with Crippen molar-refractivity contribution in [3.63, 3.8) is 0 Å². The highest BCUT2D eigenvalue weighted by Crippen LogP contribution is 2.32. The lowest BCUT2D eigenvalue weighted by molar-refractivity contribution is -0.116. The number of benzene rings is 2. The van der Waals surface area contributed by atoms with E-state index in [9.17, 15) is 4.79 Å². The third-order valence-corrected chi connectivity index (χ3v) is 7.49. The third-order valence-electron chi connectivity index (χ3n) is 5.40. The molecule has 0 saturated carbocycles. The second-order valence-electron chi connectivity index (χ2n) is 9.19. The van der Waals surface area contributed by atoms with Crippen LogP contribution in [-0.4, -0.2) is 33.5 Å². The lowest BCUT2D eigenvalue weighted by atomic mass is 9.87. The standard InChI is InChI=1S/C26H30N4O2S2/c1-17-15-23(28-24(31)7-6-14-33-20-11-9-19(32-5)10-12-20)30(29-17)25-27-21-13-8-18(26(2,3)4)16-22(21)34-25/h8-13,15-16H,6-7,14H2,1-5H3,(H,28,31). The van der Waals surface area contributed by atoms with Gasteiger partial charge in [0.05, 0.1) is 23.0 Å². The van der Waals surface area contributed by atoms with Crippen molar-refractivity contribution in [1.82, 2.24) is 14.8 Å². The summed E-state index contributed by atoms with van der Waals surface area (Å²) in [6, 6.07) is 16.2. The van der Waals surface area contributed by atoms with Crippen LogP contribution in [0.4, 0.5) is 5.82 Å². The predicted octanol–water partition coefficient (Wildman–Crippen LogP) is 6.61. The van der Waals surface area contributed by atoms with Crippen molar-refractivity contribution in [3.8, 4) is 10.9 Å². The van der Waals surface area contributed by atoms with Crippen molar-refractivity contribution in [3.05, 3.63) is 59.8 Å². The van der Waals surface area contributed by atoms with Gasteiger partial charge in [-0.05, 0) is 66.5 Å². The number of thioether (sulfide) groups is 1. The number of fused-ring (bicyclic) bond motifs is 1. The highest BCUT2D eigenvalue weighted by molar-refractivity contribution is 7.99. The third kappa shape index (κ3) is 5.80. The predicted molar refractivity (Wildman–Crippen MR) is 142 cm³/mol. The van der Waals surface area contributed by atoms with Gasteiger partial charge in [-0.15, -0.1) is 11.8 Å². The van der Waals surface area contributed by atoms with Crippen LogP contribution >= 0.6 is 23.1 Å². The largest absolute Gasteiger partial charge is 0.497 e. The summed E-state index contributed by atoms with van der Waals surface area (Å²) in [5.41, 5.74) is 3.12. The van der Waals surface area contributed by atoms with Gasteiger partial charge in [-0.2, -0.15) is 9.78 Å². The highest BCUT2D eigenvalue weighted by Gasteiger charge is 2.18. The molecular formula is C26H30N4O2S2. The summed E-state index contributed by atoms with van der Waals surface area (Å²) in [6.45, 7) is 8.53. The van der Waals surface area contributed by atoms with E-state index < -0.39 is 0 Å². The van der Waals surface area contributed by atoms with Crippen molar-refractivity contribution in [1.29, 1.82) is 0 Å². The number of aryl methyl sites for hydroxylation is 1. The molecule has 1 N–H and O–H groups in total. The van der Waals surface area contributed by atoms with Gasteiger partial charge in [0.1, 0.15) is 11.6 Å². The number of nitrogens with zero attached hydrogens (tertiary/aromatic N) is 3. The summed E-state index contributed by atoms with van der Waals surface area (Å²) in [7, 11) is 1.66. The lowest BCUT2D eigenvalue weighted by Gasteiger charge is -2.18. The van der Waals surface area contributed by atoms with E-state index in [4.69, 9.17) is 9.72 Å². The van der Waals surface area contributed by atoms with Gasteiger partial charge in [-0.1, -0.05) is 38.2 Å². The Morgan fingerprint density at radius 2 is 1.91 bits per heavy atom. The molecule has 4 rings (SSSR count). The molecule has 2 aromatic heterocycles. The molecule has 0 fully saturated rings. The topological polar surface area (TPSA) is 69.0 Å². The SMILES string of the molecule is COc1ccc(SCCCC(=O)Nc2cc(C)nn2-c2nc3ccc(C(C)(C)C)cc3s2)cc1. The molecule has 0 aliphatic heterocycles. The molecule has 34 heavy (non-hydrogen) atoms. The van der Waals surface area contributed by atoms with Crippen LogP contribution in [0.15, 0.2) is 53.4 Å². The van der Waals surface area contributed by atoms with Crippen molar-refractivity contribution in [2.45, 2.75) is 50.8 Å². The highest BCUT2D eigenvalue weighted by atomic mass is 32.2. The molecule has 2 heterocycles. The lowest BCUT2D eigenvalue weighted by Crippen LogP contribution is -2.14. The van der Waals surface area contributed by atoms with Crippen LogP contribution in [0.25, 0.3) is 15.3 Å². The Kier molecular flexibility index (Phi) is 7.28. The van der Waals surface area contributed by atoms with Gasteiger partial charge in [-0.3, -0.25) is 4.79 Å². The number of rotatable bonds is 8. The smallest absolute Gasteiger partial charge is 0.225 e. The number of methoxy groups -OCH3 is 1. The fourth-order valence-corrected chi connectivity index (χ4v) is 5.33. The van der Waals surface area contributed by atoms with E-state index in [2.05, 4.69) is 49.4 Å². The molecule has 0 unspecified atom stereocenters.